The first kappa shape index (κ1) is 17.7. The van der Waals surface area contributed by atoms with Gasteiger partial charge in [0.05, 0.1) is 15.9 Å². The third-order valence-corrected chi connectivity index (χ3v) is 6.69. The zero-order chi connectivity index (χ0) is 18.2. The highest BCUT2D eigenvalue weighted by Crippen LogP contribution is 2.23. The number of aryl methyl sites for hydroxylation is 2. The van der Waals surface area contributed by atoms with E-state index >= 15 is 0 Å². The lowest BCUT2D eigenvalue weighted by Crippen LogP contribution is -2.30. The molecule has 0 N–H and O–H groups in total. The Hall–Kier alpha value is -2.16. The maximum atomic E-state index is 13.1. The van der Waals surface area contributed by atoms with Crippen LogP contribution in [0.25, 0.3) is 11.0 Å². The Morgan fingerprint density at radius 2 is 1.92 bits per heavy atom. The van der Waals surface area contributed by atoms with E-state index in [1.807, 2.05) is 16.8 Å². The molecular formula is C17H19N3O3S2. The van der Waals surface area contributed by atoms with E-state index < -0.39 is 10.0 Å². The summed E-state index contributed by atoms with van der Waals surface area (Å²) in [6.07, 6.45) is 1.57. The average Bonchev–Trinajstić information content (AvgIpc) is 3.18. The second kappa shape index (κ2) is 6.62. The van der Waals surface area contributed by atoms with Crippen molar-refractivity contribution < 1.29 is 8.42 Å². The molecule has 0 aliphatic heterocycles. The third-order valence-electron chi connectivity index (χ3n) is 4.15. The number of benzene rings is 1. The highest BCUT2D eigenvalue weighted by Gasteiger charge is 2.25. The van der Waals surface area contributed by atoms with Crippen molar-refractivity contribution in [3.05, 3.63) is 63.7 Å². The number of sulfonamides is 1. The normalized spacial score (nSPS) is 12.1. The van der Waals surface area contributed by atoms with E-state index in [2.05, 4.69) is 6.58 Å². The van der Waals surface area contributed by atoms with Crippen LogP contribution < -0.4 is 5.69 Å². The van der Waals surface area contributed by atoms with Gasteiger partial charge in [0.2, 0.25) is 10.0 Å². The highest BCUT2D eigenvalue weighted by atomic mass is 32.2. The first-order chi connectivity index (χ1) is 11.9. The van der Waals surface area contributed by atoms with Crippen LogP contribution >= 0.6 is 11.3 Å². The van der Waals surface area contributed by atoms with Crippen LogP contribution in [0.3, 0.4) is 0 Å². The van der Waals surface area contributed by atoms with Crippen molar-refractivity contribution in [2.45, 2.75) is 11.4 Å². The number of rotatable bonds is 6. The highest BCUT2D eigenvalue weighted by molar-refractivity contribution is 7.89. The summed E-state index contributed by atoms with van der Waals surface area (Å²) in [5.74, 6) is 0. The lowest BCUT2D eigenvalue weighted by molar-refractivity contribution is 0.439. The summed E-state index contributed by atoms with van der Waals surface area (Å²) in [5.41, 5.74) is 2.02. The number of imidazole rings is 1. The summed E-state index contributed by atoms with van der Waals surface area (Å²) in [6.45, 7) is 4.16. The lowest BCUT2D eigenvalue weighted by atomic mass is 10.3. The van der Waals surface area contributed by atoms with Crippen LogP contribution in [0.1, 0.15) is 5.56 Å². The Kier molecular flexibility index (Phi) is 4.68. The van der Waals surface area contributed by atoms with E-state index in [1.54, 1.807) is 38.4 Å². The van der Waals surface area contributed by atoms with Gasteiger partial charge in [0.1, 0.15) is 0 Å². The van der Waals surface area contributed by atoms with Gasteiger partial charge < -0.3 is 0 Å². The molecule has 0 fully saturated rings. The van der Waals surface area contributed by atoms with Crippen LogP contribution in [-0.2, 0) is 30.7 Å². The Morgan fingerprint density at radius 3 is 2.56 bits per heavy atom. The zero-order valence-electron chi connectivity index (χ0n) is 14.0. The number of aromatic nitrogens is 2. The number of fused-ring (bicyclic) bond motifs is 1. The molecule has 0 saturated heterocycles. The Bertz CT molecular complexity index is 1080. The van der Waals surface area contributed by atoms with Crippen LogP contribution in [0.2, 0.25) is 0 Å². The van der Waals surface area contributed by atoms with Gasteiger partial charge >= 0.3 is 5.69 Å². The summed E-state index contributed by atoms with van der Waals surface area (Å²) < 4.78 is 30.5. The van der Waals surface area contributed by atoms with Crippen LogP contribution in [0.5, 0.6) is 0 Å². The molecule has 25 heavy (non-hydrogen) atoms. The van der Waals surface area contributed by atoms with Gasteiger partial charge in [-0.2, -0.15) is 15.6 Å². The standard InChI is InChI=1S/C17H19N3O3S2/c1-4-8-20(11-13-7-9-24-12-13)25(22,23)14-5-6-15-16(10-14)19(3)17(21)18(15)2/h4-7,9-10,12H,1,8,11H2,2-3H3. The molecule has 0 aliphatic carbocycles. The maximum absolute atomic E-state index is 13.1. The molecule has 0 atom stereocenters. The van der Waals surface area contributed by atoms with Crippen LogP contribution in [0.15, 0.2) is 57.4 Å². The van der Waals surface area contributed by atoms with Crippen LogP contribution in [0, 0.1) is 0 Å². The fourth-order valence-corrected chi connectivity index (χ4v) is 4.85. The van der Waals surface area contributed by atoms with Crippen LogP contribution in [0.4, 0.5) is 0 Å². The summed E-state index contributed by atoms with van der Waals surface area (Å²) in [4.78, 5) is 12.2. The van der Waals surface area contributed by atoms with Crippen molar-refractivity contribution in [1.82, 2.24) is 13.4 Å². The van der Waals surface area contributed by atoms with Gasteiger partial charge in [-0.05, 0) is 40.6 Å². The molecule has 0 bridgehead atoms. The van der Waals surface area contributed by atoms with Gasteiger partial charge in [0, 0.05) is 27.2 Å². The molecule has 0 spiro atoms. The Labute approximate surface area is 150 Å². The van der Waals surface area contributed by atoms with E-state index in [1.165, 1.54) is 24.8 Å². The molecular weight excluding hydrogens is 358 g/mol. The minimum Gasteiger partial charge on any atom is -0.295 e. The van der Waals surface area contributed by atoms with E-state index in [0.29, 0.717) is 11.0 Å². The SMILES string of the molecule is C=CCN(Cc1ccsc1)S(=O)(=O)c1ccc2c(c1)n(C)c(=O)n2C. The maximum Gasteiger partial charge on any atom is 0.328 e. The van der Waals surface area contributed by atoms with Gasteiger partial charge in [-0.25, -0.2) is 13.2 Å². The van der Waals surface area contributed by atoms with Gasteiger partial charge in [0.15, 0.2) is 0 Å². The van der Waals surface area contributed by atoms with E-state index in [9.17, 15) is 13.2 Å². The molecule has 0 saturated carbocycles. The molecule has 1 aromatic carbocycles. The first-order valence-corrected chi connectivity index (χ1v) is 10.0. The van der Waals surface area contributed by atoms with Crippen molar-refractivity contribution in [2.75, 3.05) is 6.54 Å². The molecule has 2 aromatic heterocycles. The second-order valence-corrected chi connectivity index (χ2v) is 8.49. The number of hydrogen-bond donors (Lipinski definition) is 0. The quantitative estimate of drug-likeness (QED) is 0.619. The average molecular weight is 377 g/mol. The number of thiophene rings is 1. The number of hydrogen-bond acceptors (Lipinski definition) is 4. The van der Waals surface area contributed by atoms with Crippen molar-refractivity contribution in [1.29, 1.82) is 0 Å². The molecule has 0 amide bonds. The molecule has 3 rings (SSSR count). The molecule has 3 aromatic rings. The second-order valence-electron chi connectivity index (χ2n) is 5.77. The predicted octanol–water partition coefficient (Wildman–Crippen LogP) is 2.32. The molecule has 132 valence electrons. The molecule has 0 aliphatic rings. The van der Waals surface area contributed by atoms with E-state index in [-0.39, 0.29) is 23.7 Å². The summed E-state index contributed by atoms with van der Waals surface area (Å²) in [7, 11) is -0.410. The third kappa shape index (κ3) is 3.08. The van der Waals surface area contributed by atoms with Gasteiger partial charge in [-0.1, -0.05) is 6.08 Å². The van der Waals surface area contributed by atoms with Gasteiger partial charge in [-0.15, -0.1) is 6.58 Å². The molecule has 0 unspecified atom stereocenters. The summed E-state index contributed by atoms with van der Waals surface area (Å²) in [5, 5.41) is 3.84. The monoisotopic (exact) mass is 377 g/mol. The van der Waals surface area contributed by atoms with Crippen molar-refractivity contribution in [3.8, 4) is 0 Å². The molecule has 6 nitrogen and oxygen atoms in total. The zero-order valence-corrected chi connectivity index (χ0v) is 15.7. The molecule has 2 heterocycles. The predicted molar refractivity (Wildman–Crippen MR) is 100 cm³/mol. The Morgan fingerprint density at radius 1 is 1.20 bits per heavy atom. The largest absolute Gasteiger partial charge is 0.328 e. The minimum absolute atomic E-state index is 0.165. The lowest BCUT2D eigenvalue weighted by Gasteiger charge is -2.20. The van der Waals surface area contributed by atoms with Gasteiger partial charge in [-0.3, -0.25) is 9.13 Å². The van der Waals surface area contributed by atoms with E-state index in [4.69, 9.17) is 0 Å². The van der Waals surface area contributed by atoms with Crippen molar-refractivity contribution >= 4 is 32.4 Å². The molecule has 8 heteroatoms. The number of nitrogens with zero attached hydrogens (tertiary/aromatic N) is 3. The fourth-order valence-electron chi connectivity index (χ4n) is 2.77. The molecule has 0 radical (unpaired) electrons. The Balaban J connectivity index is 2.08. The fraction of sp³-hybridized carbons (Fsp3) is 0.235. The van der Waals surface area contributed by atoms with Gasteiger partial charge in [0.25, 0.3) is 0 Å². The van der Waals surface area contributed by atoms with Crippen molar-refractivity contribution in [3.63, 3.8) is 0 Å². The summed E-state index contributed by atoms with van der Waals surface area (Å²) >= 11 is 1.53. The van der Waals surface area contributed by atoms with Crippen molar-refractivity contribution in [2.24, 2.45) is 14.1 Å². The first-order valence-electron chi connectivity index (χ1n) is 7.64. The minimum atomic E-state index is -3.71. The van der Waals surface area contributed by atoms with E-state index in [0.717, 1.165) is 5.56 Å². The summed E-state index contributed by atoms with van der Waals surface area (Å²) in [6, 6.07) is 6.66. The van der Waals surface area contributed by atoms with Crippen LogP contribution in [-0.4, -0.2) is 28.4 Å². The smallest absolute Gasteiger partial charge is 0.295 e. The topological polar surface area (TPSA) is 64.3 Å².